The summed E-state index contributed by atoms with van der Waals surface area (Å²) in [5.74, 6) is 0. The molecule has 0 saturated carbocycles. The van der Waals surface area contributed by atoms with Gasteiger partial charge in [0, 0.05) is 25.2 Å². The second kappa shape index (κ2) is 3.82. The number of rotatable bonds is 1. The molecule has 16 heavy (non-hydrogen) atoms. The van der Waals surface area contributed by atoms with Crippen LogP contribution in [0.1, 0.15) is 11.3 Å². The van der Waals surface area contributed by atoms with Crippen LogP contribution in [0.2, 0.25) is 0 Å². The zero-order chi connectivity index (χ0) is 11.7. The van der Waals surface area contributed by atoms with Crippen LogP contribution in [0.5, 0.6) is 0 Å². The van der Waals surface area contributed by atoms with Gasteiger partial charge in [-0.2, -0.15) is 5.26 Å². The fourth-order valence-corrected chi connectivity index (χ4v) is 1.80. The van der Waals surface area contributed by atoms with Crippen molar-refractivity contribution in [1.29, 1.82) is 5.26 Å². The van der Waals surface area contributed by atoms with Crippen molar-refractivity contribution >= 4 is 16.6 Å². The second-order valence-electron chi connectivity index (χ2n) is 4.00. The molecule has 3 nitrogen and oxygen atoms in total. The van der Waals surface area contributed by atoms with Crippen molar-refractivity contribution in [2.45, 2.75) is 6.92 Å². The smallest absolute Gasteiger partial charge is 0.143 e. The lowest BCUT2D eigenvalue weighted by Crippen LogP contribution is -2.10. The quantitative estimate of drug-likeness (QED) is 0.727. The van der Waals surface area contributed by atoms with Crippen LogP contribution in [-0.2, 0) is 0 Å². The molecule has 0 aliphatic carbocycles. The summed E-state index contributed by atoms with van der Waals surface area (Å²) in [6.07, 6.45) is 0. The lowest BCUT2D eigenvalue weighted by atomic mass is 10.1. The monoisotopic (exact) mass is 211 g/mol. The van der Waals surface area contributed by atoms with Crippen LogP contribution < -0.4 is 4.90 Å². The maximum absolute atomic E-state index is 8.96. The average Bonchev–Trinajstić information content (AvgIpc) is 2.28. The first-order valence-electron chi connectivity index (χ1n) is 5.11. The Labute approximate surface area is 94.9 Å². The molecule has 0 aliphatic heterocycles. The Bertz CT molecular complexity index is 579. The molecule has 2 rings (SSSR count). The summed E-state index contributed by atoms with van der Waals surface area (Å²) in [6.45, 7) is 2.01. The third kappa shape index (κ3) is 1.59. The van der Waals surface area contributed by atoms with Gasteiger partial charge in [0.2, 0.25) is 0 Å². The largest absolute Gasteiger partial charge is 0.377 e. The van der Waals surface area contributed by atoms with Crippen molar-refractivity contribution in [1.82, 2.24) is 4.98 Å². The average molecular weight is 211 g/mol. The van der Waals surface area contributed by atoms with Gasteiger partial charge in [-0.05, 0) is 18.6 Å². The van der Waals surface area contributed by atoms with Gasteiger partial charge < -0.3 is 4.90 Å². The number of aromatic nitrogens is 1. The van der Waals surface area contributed by atoms with E-state index in [2.05, 4.69) is 11.1 Å². The van der Waals surface area contributed by atoms with Crippen molar-refractivity contribution in [2.24, 2.45) is 0 Å². The highest BCUT2D eigenvalue weighted by molar-refractivity contribution is 5.93. The van der Waals surface area contributed by atoms with Crippen LogP contribution >= 0.6 is 0 Å². The van der Waals surface area contributed by atoms with Crippen LogP contribution in [0.3, 0.4) is 0 Å². The highest BCUT2D eigenvalue weighted by Crippen LogP contribution is 2.26. The molecule has 1 aromatic heterocycles. The number of para-hydroxylation sites is 1. The number of aryl methyl sites for hydroxylation is 1. The molecule has 1 heterocycles. The molecule has 0 fully saturated rings. The lowest BCUT2D eigenvalue weighted by molar-refractivity contribution is 1.13. The van der Waals surface area contributed by atoms with E-state index in [9.17, 15) is 0 Å². The summed E-state index contributed by atoms with van der Waals surface area (Å²) in [4.78, 5) is 6.35. The zero-order valence-electron chi connectivity index (χ0n) is 9.65. The zero-order valence-corrected chi connectivity index (χ0v) is 9.65. The van der Waals surface area contributed by atoms with Gasteiger partial charge >= 0.3 is 0 Å². The van der Waals surface area contributed by atoms with Gasteiger partial charge in [0.1, 0.15) is 11.8 Å². The number of hydrogen-bond acceptors (Lipinski definition) is 3. The minimum Gasteiger partial charge on any atom is -0.377 e. The number of anilines is 1. The Hall–Kier alpha value is -2.08. The molecule has 0 atom stereocenters. The van der Waals surface area contributed by atoms with E-state index in [1.807, 2.05) is 50.2 Å². The first kappa shape index (κ1) is 10.4. The summed E-state index contributed by atoms with van der Waals surface area (Å²) in [5, 5.41) is 10.1. The Morgan fingerprint density at radius 2 is 2.06 bits per heavy atom. The fraction of sp³-hybridized carbons (Fsp3) is 0.231. The molecule has 0 bridgehead atoms. The summed E-state index contributed by atoms with van der Waals surface area (Å²) >= 11 is 0. The van der Waals surface area contributed by atoms with Crippen LogP contribution in [0.25, 0.3) is 10.9 Å². The number of hydrogen-bond donors (Lipinski definition) is 0. The maximum Gasteiger partial charge on any atom is 0.143 e. The molecular weight excluding hydrogens is 198 g/mol. The number of nitrogens with zero attached hydrogens (tertiary/aromatic N) is 3. The molecule has 0 amide bonds. The van der Waals surface area contributed by atoms with E-state index in [1.165, 1.54) is 0 Å². The lowest BCUT2D eigenvalue weighted by Gasteiger charge is -2.16. The standard InChI is InChI=1S/C13H13N3/c1-9-5-4-6-11-12(16(2)3)7-10(8-14)15-13(9)11/h4-7H,1-3H3. The normalized spacial score (nSPS) is 10.1. The van der Waals surface area contributed by atoms with Crippen molar-refractivity contribution in [3.8, 4) is 6.07 Å². The number of nitriles is 1. The summed E-state index contributed by atoms with van der Waals surface area (Å²) in [7, 11) is 3.94. The predicted octanol–water partition coefficient (Wildman–Crippen LogP) is 2.48. The minimum atomic E-state index is 0.463. The van der Waals surface area contributed by atoms with Crippen molar-refractivity contribution in [3.63, 3.8) is 0 Å². The molecule has 3 heteroatoms. The van der Waals surface area contributed by atoms with Crippen LogP contribution in [0, 0.1) is 18.3 Å². The molecule has 1 aromatic carbocycles. The van der Waals surface area contributed by atoms with Crippen LogP contribution in [0.15, 0.2) is 24.3 Å². The highest BCUT2D eigenvalue weighted by Gasteiger charge is 2.08. The number of fused-ring (bicyclic) bond motifs is 1. The molecule has 0 N–H and O–H groups in total. The molecule has 0 spiro atoms. The van der Waals surface area contributed by atoms with E-state index < -0.39 is 0 Å². The molecule has 0 radical (unpaired) electrons. The molecule has 2 aromatic rings. The number of benzene rings is 1. The Kier molecular flexibility index (Phi) is 2.49. The Balaban J connectivity index is 2.89. The summed E-state index contributed by atoms with van der Waals surface area (Å²) < 4.78 is 0. The summed E-state index contributed by atoms with van der Waals surface area (Å²) in [5.41, 5.74) is 3.50. The van der Waals surface area contributed by atoms with Gasteiger partial charge in [-0.3, -0.25) is 0 Å². The van der Waals surface area contributed by atoms with E-state index in [4.69, 9.17) is 5.26 Å². The molecule has 80 valence electrons. The number of pyridine rings is 1. The van der Waals surface area contributed by atoms with Crippen LogP contribution in [-0.4, -0.2) is 19.1 Å². The SMILES string of the molecule is Cc1cccc2c(N(C)C)cc(C#N)nc12. The van der Waals surface area contributed by atoms with Gasteiger partial charge in [0.05, 0.1) is 5.52 Å². The predicted molar refractivity (Wildman–Crippen MR) is 65.5 cm³/mol. The van der Waals surface area contributed by atoms with Gasteiger partial charge in [0.15, 0.2) is 0 Å². The van der Waals surface area contributed by atoms with E-state index in [1.54, 1.807) is 0 Å². The maximum atomic E-state index is 8.96. The first-order chi connectivity index (χ1) is 7.63. The summed E-state index contributed by atoms with van der Waals surface area (Å²) in [6, 6.07) is 9.98. The van der Waals surface area contributed by atoms with Crippen LogP contribution in [0.4, 0.5) is 5.69 Å². The van der Waals surface area contributed by atoms with E-state index in [0.29, 0.717) is 5.69 Å². The van der Waals surface area contributed by atoms with Gasteiger partial charge in [-0.25, -0.2) is 4.98 Å². The first-order valence-corrected chi connectivity index (χ1v) is 5.11. The van der Waals surface area contributed by atoms with Crippen molar-refractivity contribution in [2.75, 3.05) is 19.0 Å². The molecule has 0 saturated heterocycles. The molecular formula is C13H13N3. The van der Waals surface area contributed by atoms with Crippen molar-refractivity contribution in [3.05, 3.63) is 35.5 Å². The van der Waals surface area contributed by atoms with Gasteiger partial charge in [-0.15, -0.1) is 0 Å². The van der Waals surface area contributed by atoms with Gasteiger partial charge in [-0.1, -0.05) is 18.2 Å². The third-order valence-corrected chi connectivity index (χ3v) is 2.62. The minimum absolute atomic E-state index is 0.463. The van der Waals surface area contributed by atoms with E-state index in [0.717, 1.165) is 22.2 Å². The topological polar surface area (TPSA) is 39.9 Å². The Morgan fingerprint density at radius 1 is 1.31 bits per heavy atom. The van der Waals surface area contributed by atoms with E-state index >= 15 is 0 Å². The van der Waals surface area contributed by atoms with Crippen molar-refractivity contribution < 1.29 is 0 Å². The molecule has 0 aliphatic rings. The fourth-order valence-electron chi connectivity index (χ4n) is 1.80. The third-order valence-electron chi connectivity index (χ3n) is 2.62. The van der Waals surface area contributed by atoms with Gasteiger partial charge in [0.25, 0.3) is 0 Å². The second-order valence-corrected chi connectivity index (χ2v) is 4.00. The highest BCUT2D eigenvalue weighted by atomic mass is 15.1. The van der Waals surface area contributed by atoms with E-state index in [-0.39, 0.29) is 0 Å². The molecule has 0 unspecified atom stereocenters. The Morgan fingerprint density at radius 3 is 2.69 bits per heavy atom.